The Bertz CT molecular complexity index is 687. The van der Waals surface area contributed by atoms with Crippen LogP contribution in [-0.4, -0.2) is 31.8 Å². The third-order valence-corrected chi connectivity index (χ3v) is 3.83. The van der Waals surface area contributed by atoms with Gasteiger partial charge < -0.3 is 20.5 Å². The van der Waals surface area contributed by atoms with Crippen LogP contribution in [0.5, 0.6) is 11.5 Å². The number of benzene rings is 2. The number of nitrogens with zero attached hydrogens (tertiary/aromatic N) is 1. The molecule has 0 heterocycles. The molecule has 0 aromatic heterocycles. The van der Waals surface area contributed by atoms with E-state index in [-0.39, 0.29) is 5.75 Å². The maximum atomic E-state index is 9.95. The molecule has 0 spiro atoms. The van der Waals surface area contributed by atoms with Gasteiger partial charge in [-0.3, -0.25) is 4.99 Å². The Labute approximate surface area is 147 Å². The van der Waals surface area contributed by atoms with Gasteiger partial charge >= 0.3 is 0 Å². The third-order valence-electron chi connectivity index (χ3n) is 3.58. The summed E-state index contributed by atoms with van der Waals surface area (Å²) in [6.07, 6.45) is 0.678. The number of guanidine groups is 1. The number of phenolic OH excluding ortho intramolecular Hbond substituents is 1. The van der Waals surface area contributed by atoms with Crippen LogP contribution in [0.3, 0.4) is 0 Å². The van der Waals surface area contributed by atoms with Gasteiger partial charge in [-0.25, -0.2) is 0 Å². The summed E-state index contributed by atoms with van der Waals surface area (Å²) in [6, 6.07) is 13.0. The second-order valence-electron chi connectivity index (χ2n) is 5.22. The summed E-state index contributed by atoms with van der Waals surface area (Å²) in [5.74, 6) is 1.59. The standard InChI is InChI=1S/C18H22ClN3O2/c1-20-18(22-12-13-3-6-15(19)7-4-13)21-10-9-14-5-8-16(24-2)11-17(14)23/h3-8,11,23H,9-10,12H2,1-2H3,(H2,20,21,22). The van der Waals surface area contributed by atoms with Crippen LogP contribution in [-0.2, 0) is 13.0 Å². The molecule has 128 valence electrons. The Morgan fingerprint density at radius 1 is 1.17 bits per heavy atom. The van der Waals surface area contributed by atoms with Gasteiger partial charge in [0.15, 0.2) is 5.96 Å². The highest BCUT2D eigenvalue weighted by Gasteiger charge is 2.04. The van der Waals surface area contributed by atoms with Gasteiger partial charge in [-0.05, 0) is 35.7 Å². The van der Waals surface area contributed by atoms with E-state index < -0.39 is 0 Å². The molecule has 2 aromatic carbocycles. The molecule has 0 radical (unpaired) electrons. The molecule has 2 aromatic rings. The van der Waals surface area contributed by atoms with Crippen LogP contribution in [0.4, 0.5) is 0 Å². The highest BCUT2D eigenvalue weighted by molar-refractivity contribution is 6.30. The van der Waals surface area contributed by atoms with Crippen molar-refractivity contribution in [1.29, 1.82) is 0 Å². The van der Waals surface area contributed by atoms with Crippen molar-refractivity contribution in [2.75, 3.05) is 20.7 Å². The summed E-state index contributed by atoms with van der Waals surface area (Å²) in [6.45, 7) is 1.31. The number of halogens is 1. The first-order chi connectivity index (χ1) is 11.6. The maximum Gasteiger partial charge on any atom is 0.191 e. The zero-order valence-corrected chi connectivity index (χ0v) is 14.6. The molecule has 0 unspecified atom stereocenters. The fourth-order valence-corrected chi connectivity index (χ4v) is 2.33. The SMILES string of the molecule is CN=C(NCCc1ccc(OC)cc1O)NCc1ccc(Cl)cc1. The topological polar surface area (TPSA) is 65.9 Å². The molecule has 6 heteroatoms. The molecule has 0 aliphatic carbocycles. The van der Waals surface area contributed by atoms with Gasteiger partial charge in [0.1, 0.15) is 11.5 Å². The van der Waals surface area contributed by atoms with E-state index in [0.29, 0.717) is 31.2 Å². The lowest BCUT2D eigenvalue weighted by Gasteiger charge is -2.13. The molecule has 0 aliphatic heterocycles. The zero-order chi connectivity index (χ0) is 17.4. The quantitative estimate of drug-likeness (QED) is 0.555. The minimum Gasteiger partial charge on any atom is -0.508 e. The number of methoxy groups -OCH3 is 1. The number of aliphatic imine (C=N–C) groups is 1. The van der Waals surface area contributed by atoms with E-state index in [2.05, 4.69) is 15.6 Å². The monoisotopic (exact) mass is 347 g/mol. The van der Waals surface area contributed by atoms with E-state index >= 15 is 0 Å². The lowest BCUT2D eigenvalue weighted by molar-refractivity contribution is 0.406. The first-order valence-corrected chi connectivity index (χ1v) is 8.05. The van der Waals surface area contributed by atoms with Gasteiger partial charge in [0, 0.05) is 31.2 Å². The van der Waals surface area contributed by atoms with Crippen LogP contribution in [0.1, 0.15) is 11.1 Å². The molecule has 3 N–H and O–H groups in total. The van der Waals surface area contributed by atoms with E-state index in [4.69, 9.17) is 16.3 Å². The predicted molar refractivity (Wildman–Crippen MR) is 98.0 cm³/mol. The summed E-state index contributed by atoms with van der Waals surface area (Å²) in [7, 11) is 3.30. The average molecular weight is 348 g/mol. The van der Waals surface area contributed by atoms with Crippen molar-refractivity contribution in [3.8, 4) is 11.5 Å². The van der Waals surface area contributed by atoms with E-state index in [1.165, 1.54) is 0 Å². The summed E-state index contributed by atoms with van der Waals surface area (Å²) in [5.41, 5.74) is 1.98. The molecule has 0 amide bonds. The van der Waals surface area contributed by atoms with E-state index in [0.717, 1.165) is 16.1 Å². The van der Waals surface area contributed by atoms with Crippen LogP contribution >= 0.6 is 11.6 Å². The molecule has 0 bridgehead atoms. The molecular formula is C18H22ClN3O2. The van der Waals surface area contributed by atoms with Gasteiger partial charge in [-0.1, -0.05) is 29.8 Å². The Hall–Kier alpha value is -2.40. The molecule has 0 aliphatic rings. The largest absolute Gasteiger partial charge is 0.508 e. The van der Waals surface area contributed by atoms with Crippen molar-refractivity contribution in [3.63, 3.8) is 0 Å². The van der Waals surface area contributed by atoms with Crippen LogP contribution in [0.25, 0.3) is 0 Å². The summed E-state index contributed by atoms with van der Waals surface area (Å²) in [4.78, 5) is 4.19. The molecule has 2 rings (SSSR count). The number of phenols is 1. The number of ether oxygens (including phenoxy) is 1. The number of rotatable bonds is 6. The van der Waals surface area contributed by atoms with Crippen molar-refractivity contribution in [3.05, 3.63) is 58.6 Å². The van der Waals surface area contributed by atoms with Crippen molar-refractivity contribution in [2.24, 2.45) is 4.99 Å². The number of hydrogen-bond donors (Lipinski definition) is 3. The molecule has 0 atom stereocenters. The fourth-order valence-electron chi connectivity index (χ4n) is 2.21. The van der Waals surface area contributed by atoms with Gasteiger partial charge in [0.25, 0.3) is 0 Å². The minimum absolute atomic E-state index is 0.236. The Morgan fingerprint density at radius 2 is 1.92 bits per heavy atom. The second kappa shape index (κ2) is 9.03. The molecule has 5 nitrogen and oxygen atoms in total. The van der Waals surface area contributed by atoms with Crippen molar-refractivity contribution in [1.82, 2.24) is 10.6 Å². The summed E-state index contributed by atoms with van der Waals surface area (Å²) >= 11 is 5.88. The first kappa shape index (κ1) is 17.9. The van der Waals surface area contributed by atoms with E-state index in [9.17, 15) is 5.11 Å². The first-order valence-electron chi connectivity index (χ1n) is 7.67. The highest BCUT2D eigenvalue weighted by Crippen LogP contribution is 2.23. The highest BCUT2D eigenvalue weighted by atomic mass is 35.5. The summed E-state index contributed by atoms with van der Waals surface area (Å²) in [5, 5.41) is 17.1. The number of aromatic hydroxyl groups is 1. The fraction of sp³-hybridized carbons (Fsp3) is 0.278. The molecule has 0 saturated heterocycles. The number of hydrogen-bond acceptors (Lipinski definition) is 3. The van der Waals surface area contributed by atoms with Gasteiger partial charge in [0.05, 0.1) is 7.11 Å². The minimum atomic E-state index is 0.236. The predicted octanol–water partition coefficient (Wildman–Crippen LogP) is 2.96. The van der Waals surface area contributed by atoms with Gasteiger partial charge in [0.2, 0.25) is 0 Å². The lowest BCUT2D eigenvalue weighted by Crippen LogP contribution is -2.37. The maximum absolute atomic E-state index is 9.95. The van der Waals surface area contributed by atoms with Crippen molar-refractivity contribution >= 4 is 17.6 Å². The second-order valence-corrected chi connectivity index (χ2v) is 5.66. The van der Waals surface area contributed by atoms with Crippen molar-refractivity contribution < 1.29 is 9.84 Å². The van der Waals surface area contributed by atoms with Crippen LogP contribution in [0.2, 0.25) is 5.02 Å². The average Bonchev–Trinajstić information content (AvgIpc) is 2.60. The molecule has 0 saturated carbocycles. The molecule has 0 fully saturated rings. The van der Waals surface area contributed by atoms with Gasteiger partial charge in [-0.2, -0.15) is 0 Å². The smallest absolute Gasteiger partial charge is 0.191 e. The normalized spacial score (nSPS) is 11.2. The zero-order valence-electron chi connectivity index (χ0n) is 13.8. The Kier molecular flexibility index (Phi) is 6.75. The van der Waals surface area contributed by atoms with Crippen LogP contribution < -0.4 is 15.4 Å². The third kappa shape index (κ3) is 5.35. The lowest BCUT2D eigenvalue weighted by atomic mass is 10.1. The number of nitrogens with one attached hydrogen (secondary N) is 2. The Morgan fingerprint density at radius 3 is 2.54 bits per heavy atom. The van der Waals surface area contributed by atoms with Crippen LogP contribution in [0.15, 0.2) is 47.5 Å². The van der Waals surface area contributed by atoms with E-state index in [1.807, 2.05) is 36.4 Å². The van der Waals surface area contributed by atoms with Crippen LogP contribution in [0, 0.1) is 0 Å². The Balaban J connectivity index is 1.80. The van der Waals surface area contributed by atoms with Crippen molar-refractivity contribution in [2.45, 2.75) is 13.0 Å². The molecule has 24 heavy (non-hydrogen) atoms. The molecular weight excluding hydrogens is 326 g/mol. The van der Waals surface area contributed by atoms with Gasteiger partial charge in [-0.15, -0.1) is 0 Å². The summed E-state index contributed by atoms with van der Waals surface area (Å²) < 4.78 is 5.08. The van der Waals surface area contributed by atoms with E-state index in [1.54, 1.807) is 20.2 Å².